The molecule has 2 aromatic rings. The molecule has 0 aliphatic rings. The van der Waals surface area contributed by atoms with Crippen molar-refractivity contribution in [3.8, 4) is 0 Å². The number of rotatable bonds is 1. The van der Waals surface area contributed by atoms with Crippen LogP contribution in [0.4, 0.5) is 0 Å². The van der Waals surface area contributed by atoms with E-state index in [1.165, 1.54) is 12.3 Å². The van der Waals surface area contributed by atoms with Gasteiger partial charge >= 0.3 is 5.63 Å². The van der Waals surface area contributed by atoms with Gasteiger partial charge in [-0.25, -0.2) is 4.79 Å². The third-order valence-corrected chi connectivity index (χ3v) is 2.20. The molecule has 2 N–H and O–H groups in total. The van der Waals surface area contributed by atoms with Gasteiger partial charge in [0.25, 0.3) is 0 Å². The molecule has 0 saturated carbocycles. The van der Waals surface area contributed by atoms with E-state index in [-0.39, 0.29) is 5.63 Å². The Morgan fingerprint density at radius 3 is 2.93 bits per heavy atom. The zero-order chi connectivity index (χ0) is 10.8. The van der Waals surface area contributed by atoms with E-state index in [4.69, 9.17) is 10.3 Å². The second-order valence-electron chi connectivity index (χ2n) is 3.28. The van der Waals surface area contributed by atoms with Crippen molar-refractivity contribution in [2.45, 2.75) is 6.92 Å². The van der Waals surface area contributed by atoms with Crippen LogP contribution in [0, 0.1) is 6.92 Å². The molecule has 15 heavy (non-hydrogen) atoms. The van der Waals surface area contributed by atoms with E-state index in [1.54, 1.807) is 6.07 Å². The summed E-state index contributed by atoms with van der Waals surface area (Å²) in [4.78, 5) is 11.1. The van der Waals surface area contributed by atoms with Gasteiger partial charge in [0.2, 0.25) is 0 Å². The van der Waals surface area contributed by atoms with E-state index in [0.29, 0.717) is 5.58 Å². The van der Waals surface area contributed by atoms with Crippen LogP contribution < -0.4 is 11.5 Å². The quantitative estimate of drug-likeness (QED) is 0.329. The lowest BCUT2D eigenvalue weighted by Crippen LogP contribution is -1.98. The molecule has 76 valence electrons. The molecule has 1 heterocycles. The van der Waals surface area contributed by atoms with Crippen molar-refractivity contribution in [1.82, 2.24) is 0 Å². The van der Waals surface area contributed by atoms with E-state index >= 15 is 0 Å². The van der Waals surface area contributed by atoms with Gasteiger partial charge < -0.3 is 10.3 Å². The average Bonchev–Trinajstić information content (AvgIpc) is 2.17. The van der Waals surface area contributed by atoms with Crippen LogP contribution in [0.5, 0.6) is 0 Å². The highest BCUT2D eigenvalue weighted by molar-refractivity contribution is 5.88. The maximum absolute atomic E-state index is 11.1. The van der Waals surface area contributed by atoms with Crippen molar-refractivity contribution in [3.63, 3.8) is 0 Å². The fourth-order valence-electron chi connectivity index (χ4n) is 1.51. The first-order valence-electron chi connectivity index (χ1n) is 4.48. The third-order valence-electron chi connectivity index (χ3n) is 2.20. The first kappa shape index (κ1) is 9.45. The highest BCUT2D eigenvalue weighted by atomic mass is 16.4. The van der Waals surface area contributed by atoms with Gasteiger partial charge in [0.15, 0.2) is 0 Å². The second kappa shape index (κ2) is 3.57. The summed E-state index contributed by atoms with van der Waals surface area (Å²) < 4.78 is 5.07. The minimum absolute atomic E-state index is 0.346. The number of fused-ring (bicyclic) bond motifs is 1. The number of hydrogen-bond donors (Lipinski definition) is 1. The molecule has 0 fully saturated rings. The molecular weight excluding hydrogens is 192 g/mol. The summed E-state index contributed by atoms with van der Waals surface area (Å²) in [6.07, 6.45) is 1.50. The number of hydrazone groups is 1. The normalized spacial score (nSPS) is 11.3. The van der Waals surface area contributed by atoms with Crippen molar-refractivity contribution in [1.29, 1.82) is 0 Å². The van der Waals surface area contributed by atoms with E-state index in [2.05, 4.69) is 5.10 Å². The SMILES string of the molecule is Cc1cc(=O)oc2cc(C=NN)ccc12. The van der Waals surface area contributed by atoms with Gasteiger partial charge in [-0.15, -0.1) is 0 Å². The highest BCUT2D eigenvalue weighted by Gasteiger charge is 2.01. The lowest BCUT2D eigenvalue weighted by Gasteiger charge is -2.00. The predicted octanol–water partition coefficient (Wildman–Crippen LogP) is 1.39. The van der Waals surface area contributed by atoms with Gasteiger partial charge in [-0.2, -0.15) is 5.10 Å². The molecular formula is C11H10N2O2. The van der Waals surface area contributed by atoms with Crippen LogP contribution in [0.15, 0.2) is 38.6 Å². The molecule has 4 nitrogen and oxygen atoms in total. The van der Waals surface area contributed by atoms with Crippen molar-refractivity contribution in [2.24, 2.45) is 10.9 Å². The standard InChI is InChI=1S/C11H10N2O2/c1-7-4-11(14)15-10-5-8(6-13-12)2-3-9(7)10/h2-6H,12H2,1H3. The topological polar surface area (TPSA) is 68.6 Å². The van der Waals surface area contributed by atoms with Crippen molar-refractivity contribution >= 4 is 17.2 Å². The zero-order valence-corrected chi connectivity index (χ0v) is 8.23. The molecule has 0 aliphatic heterocycles. The second-order valence-corrected chi connectivity index (χ2v) is 3.28. The summed E-state index contributed by atoms with van der Waals surface area (Å²) in [7, 11) is 0. The molecule has 0 saturated heterocycles. The number of nitrogens with zero attached hydrogens (tertiary/aromatic N) is 1. The minimum Gasteiger partial charge on any atom is -0.423 e. The summed E-state index contributed by atoms with van der Waals surface area (Å²) in [6.45, 7) is 1.87. The first-order chi connectivity index (χ1) is 7.20. The summed E-state index contributed by atoms with van der Waals surface area (Å²) in [5.74, 6) is 5.04. The zero-order valence-electron chi connectivity index (χ0n) is 8.23. The van der Waals surface area contributed by atoms with Crippen LogP contribution in [0.1, 0.15) is 11.1 Å². The molecule has 1 aromatic carbocycles. The van der Waals surface area contributed by atoms with Gasteiger partial charge in [-0.3, -0.25) is 0 Å². The Balaban J connectivity index is 2.76. The Kier molecular flexibility index (Phi) is 2.25. The van der Waals surface area contributed by atoms with Gasteiger partial charge in [-0.05, 0) is 24.1 Å². The van der Waals surface area contributed by atoms with E-state index in [9.17, 15) is 4.79 Å². The van der Waals surface area contributed by atoms with Crippen LogP contribution in [-0.2, 0) is 0 Å². The number of aryl methyl sites for hydroxylation is 1. The summed E-state index contributed by atoms with van der Waals surface area (Å²) in [5.41, 5.74) is 1.91. The van der Waals surface area contributed by atoms with Crippen molar-refractivity contribution < 1.29 is 4.42 Å². The minimum atomic E-state index is -0.346. The molecule has 0 amide bonds. The van der Waals surface area contributed by atoms with Gasteiger partial charge in [0.05, 0.1) is 6.21 Å². The molecule has 4 heteroatoms. The largest absolute Gasteiger partial charge is 0.423 e. The monoisotopic (exact) mass is 202 g/mol. The van der Waals surface area contributed by atoms with Crippen LogP contribution in [0.3, 0.4) is 0 Å². The smallest absolute Gasteiger partial charge is 0.336 e. The van der Waals surface area contributed by atoms with Crippen LogP contribution in [0.25, 0.3) is 11.0 Å². The van der Waals surface area contributed by atoms with Gasteiger partial charge in [0, 0.05) is 11.5 Å². The van der Waals surface area contributed by atoms with E-state index < -0.39 is 0 Å². The lowest BCUT2D eigenvalue weighted by molar-refractivity contribution is 0.560. The number of nitrogens with two attached hydrogens (primary N) is 1. The van der Waals surface area contributed by atoms with E-state index in [0.717, 1.165) is 16.5 Å². The number of benzene rings is 1. The molecule has 0 spiro atoms. The number of hydrogen-bond acceptors (Lipinski definition) is 4. The summed E-state index contributed by atoms with van der Waals surface area (Å²) in [5, 5.41) is 4.33. The van der Waals surface area contributed by atoms with Crippen molar-refractivity contribution in [2.75, 3.05) is 0 Å². The molecule has 0 atom stereocenters. The van der Waals surface area contributed by atoms with Crippen LogP contribution in [0.2, 0.25) is 0 Å². The van der Waals surface area contributed by atoms with E-state index in [1.807, 2.05) is 19.1 Å². The third kappa shape index (κ3) is 1.74. The molecule has 0 aliphatic carbocycles. The average molecular weight is 202 g/mol. The molecule has 0 radical (unpaired) electrons. The Morgan fingerprint density at radius 1 is 1.40 bits per heavy atom. The Morgan fingerprint density at radius 2 is 2.20 bits per heavy atom. The van der Waals surface area contributed by atoms with Crippen LogP contribution >= 0.6 is 0 Å². The fraction of sp³-hybridized carbons (Fsp3) is 0.0909. The van der Waals surface area contributed by atoms with Gasteiger partial charge in [-0.1, -0.05) is 12.1 Å². The lowest BCUT2D eigenvalue weighted by atomic mass is 10.1. The van der Waals surface area contributed by atoms with Crippen molar-refractivity contribution in [3.05, 3.63) is 45.8 Å². The molecule has 2 rings (SSSR count). The van der Waals surface area contributed by atoms with Crippen LogP contribution in [-0.4, -0.2) is 6.21 Å². The Hall–Kier alpha value is -2.10. The molecule has 0 bridgehead atoms. The Labute approximate surface area is 86.0 Å². The summed E-state index contributed by atoms with van der Waals surface area (Å²) in [6, 6.07) is 6.95. The first-order valence-corrected chi connectivity index (χ1v) is 4.48. The summed E-state index contributed by atoms with van der Waals surface area (Å²) >= 11 is 0. The molecule has 0 unspecified atom stereocenters. The van der Waals surface area contributed by atoms with Gasteiger partial charge in [0.1, 0.15) is 5.58 Å². The predicted molar refractivity (Wildman–Crippen MR) is 59.0 cm³/mol. The Bertz CT molecular complexity index is 585. The molecule has 1 aromatic heterocycles. The maximum Gasteiger partial charge on any atom is 0.336 e. The fourth-order valence-corrected chi connectivity index (χ4v) is 1.51. The maximum atomic E-state index is 11.1. The highest BCUT2D eigenvalue weighted by Crippen LogP contribution is 2.16.